The number of benzene rings is 1. The first-order chi connectivity index (χ1) is 11.3. The van der Waals surface area contributed by atoms with Gasteiger partial charge in [-0.3, -0.25) is 15.0 Å². The predicted molar refractivity (Wildman–Crippen MR) is 99.7 cm³/mol. The largest absolute Gasteiger partial charge is 0.309 e. The molecule has 0 amide bonds. The van der Waals surface area contributed by atoms with E-state index in [4.69, 9.17) is 11.6 Å². The zero-order valence-corrected chi connectivity index (χ0v) is 15.9. The van der Waals surface area contributed by atoms with Gasteiger partial charge in [0.2, 0.25) is 0 Å². The maximum atomic E-state index is 11.1. The van der Waals surface area contributed by atoms with Crippen LogP contribution in [-0.4, -0.2) is 74.0 Å². The van der Waals surface area contributed by atoms with Gasteiger partial charge in [0.1, 0.15) is 5.02 Å². The third-order valence-electron chi connectivity index (χ3n) is 3.77. The second-order valence-electron chi connectivity index (χ2n) is 6.63. The fourth-order valence-corrected chi connectivity index (χ4v) is 2.73. The fourth-order valence-electron chi connectivity index (χ4n) is 2.55. The van der Waals surface area contributed by atoms with Gasteiger partial charge in [-0.2, -0.15) is 0 Å². The summed E-state index contributed by atoms with van der Waals surface area (Å²) in [4.78, 5) is 17.3. The zero-order valence-electron chi connectivity index (χ0n) is 15.2. The highest BCUT2D eigenvalue weighted by Gasteiger charge is 2.14. The van der Waals surface area contributed by atoms with Gasteiger partial charge in [0.15, 0.2) is 0 Å². The van der Waals surface area contributed by atoms with Crippen molar-refractivity contribution in [1.82, 2.24) is 14.7 Å². The van der Waals surface area contributed by atoms with Crippen LogP contribution < -0.4 is 0 Å². The molecule has 136 valence electrons. The summed E-state index contributed by atoms with van der Waals surface area (Å²) in [6.07, 6.45) is 2.15. The molecule has 1 rings (SSSR count). The Bertz CT molecular complexity index is 509. The molecule has 0 spiro atoms. The van der Waals surface area contributed by atoms with E-state index in [2.05, 4.69) is 42.9 Å². The molecule has 0 aliphatic rings. The van der Waals surface area contributed by atoms with Crippen molar-refractivity contribution in [2.24, 2.45) is 0 Å². The quantitative estimate of drug-likeness (QED) is 0.450. The van der Waals surface area contributed by atoms with Gasteiger partial charge >= 0.3 is 0 Å². The molecule has 0 heterocycles. The maximum absolute atomic E-state index is 11.1. The highest BCUT2D eigenvalue weighted by Crippen LogP contribution is 2.25. The van der Waals surface area contributed by atoms with Crippen LogP contribution in [0.1, 0.15) is 18.4 Å². The van der Waals surface area contributed by atoms with Gasteiger partial charge in [-0.25, -0.2) is 0 Å². The molecule has 0 atom stereocenters. The minimum atomic E-state index is -0.422. The third kappa shape index (κ3) is 8.06. The van der Waals surface area contributed by atoms with Crippen LogP contribution in [0.15, 0.2) is 18.2 Å². The Morgan fingerprint density at radius 3 is 2.00 bits per heavy atom. The Morgan fingerprint density at radius 1 is 1.00 bits per heavy atom. The Balaban J connectivity index is 2.71. The summed E-state index contributed by atoms with van der Waals surface area (Å²) in [5, 5.41) is 11.2. The fraction of sp³-hybridized carbons (Fsp3) is 0.647. The van der Waals surface area contributed by atoms with Crippen LogP contribution >= 0.6 is 11.6 Å². The van der Waals surface area contributed by atoms with E-state index in [1.807, 2.05) is 6.07 Å². The average Bonchev–Trinajstić information content (AvgIpc) is 2.47. The summed E-state index contributed by atoms with van der Waals surface area (Å²) in [7, 11) is 8.27. The van der Waals surface area contributed by atoms with Gasteiger partial charge in [0.25, 0.3) is 5.69 Å². The second-order valence-corrected chi connectivity index (χ2v) is 7.04. The number of nitrogens with zero attached hydrogens (tertiary/aromatic N) is 4. The van der Waals surface area contributed by atoms with Crippen molar-refractivity contribution in [3.05, 3.63) is 38.9 Å². The Kier molecular flexibility index (Phi) is 9.21. The van der Waals surface area contributed by atoms with Crippen LogP contribution in [0.5, 0.6) is 0 Å². The van der Waals surface area contributed by atoms with Crippen LogP contribution in [-0.2, 0) is 6.54 Å². The summed E-state index contributed by atoms with van der Waals surface area (Å²) in [5.41, 5.74) is 0.913. The first kappa shape index (κ1) is 20.8. The van der Waals surface area contributed by atoms with Gasteiger partial charge in [0, 0.05) is 12.6 Å². The molecule has 0 aliphatic heterocycles. The van der Waals surface area contributed by atoms with Crippen molar-refractivity contribution in [1.29, 1.82) is 0 Å². The van der Waals surface area contributed by atoms with Crippen LogP contribution in [0.25, 0.3) is 0 Å². The normalized spacial score (nSPS) is 11.7. The minimum absolute atomic E-state index is 0.0179. The van der Waals surface area contributed by atoms with Crippen molar-refractivity contribution in [3.63, 3.8) is 0 Å². The number of nitro benzene ring substituents is 1. The van der Waals surface area contributed by atoms with E-state index in [0.29, 0.717) is 6.54 Å². The van der Waals surface area contributed by atoms with Gasteiger partial charge in [-0.05, 0) is 78.8 Å². The number of hydrogen-bond acceptors (Lipinski definition) is 5. The molecule has 7 heteroatoms. The summed E-state index contributed by atoms with van der Waals surface area (Å²) in [6.45, 7) is 4.72. The van der Waals surface area contributed by atoms with E-state index in [1.165, 1.54) is 0 Å². The molecule has 0 N–H and O–H groups in total. The van der Waals surface area contributed by atoms with Crippen LogP contribution in [0.4, 0.5) is 5.69 Å². The maximum Gasteiger partial charge on any atom is 0.288 e. The van der Waals surface area contributed by atoms with Crippen molar-refractivity contribution in [2.45, 2.75) is 19.4 Å². The van der Waals surface area contributed by atoms with Crippen molar-refractivity contribution < 1.29 is 4.92 Å². The van der Waals surface area contributed by atoms with Crippen LogP contribution in [0.3, 0.4) is 0 Å². The Hall–Kier alpha value is -1.21. The molecule has 0 radical (unpaired) electrons. The highest BCUT2D eigenvalue weighted by molar-refractivity contribution is 6.32. The summed E-state index contributed by atoms with van der Waals surface area (Å²) < 4.78 is 0. The van der Waals surface area contributed by atoms with E-state index in [9.17, 15) is 10.1 Å². The van der Waals surface area contributed by atoms with E-state index in [0.717, 1.165) is 44.6 Å². The van der Waals surface area contributed by atoms with Gasteiger partial charge in [-0.15, -0.1) is 0 Å². The topological polar surface area (TPSA) is 52.9 Å². The second kappa shape index (κ2) is 10.6. The Morgan fingerprint density at radius 2 is 1.54 bits per heavy atom. The van der Waals surface area contributed by atoms with Crippen molar-refractivity contribution >= 4 is 17.3 Å². The number of halogens is 1. The molecule has 0 saturated carbocycles. The Labute approximate surface area is 150 Å². The van der Waals surface area contributed by atoms with Crippen molar-refractivity contribution in [3.8, 4) is 0 Å². The van der Waals surface area contributed by atoms with Crippen LogP contribution in [0.2, 0.25) is 5.02 Å². The molecular weight excluding hydrogens is 328 g/mol. The first-order valence-corrected chi connectivity index (χ1v) is 8.62. The van der Waals surface area contributed by atoms with Crippen LogP contribution in [0, 0.1) is 10.1 Å². The zero-order chi connectivity index (χ0) is 18.1. The van der Waals surface area contributed by atoms with E-state index >= 15 is 0 Å². The molecule has 0 aliphatic carbocycles. The first-order valence-electron chi connectivity index (χ1n) is 8.24. The molecule has 0 unspecified atom stereocenters. The molecule has 24 heavy (non-hydrogen) atoms. The van der Waals surface area contributed by atoms with E-state index in [1.54, 1.807) is 12.1 Å². The minimum Gasteiger partial charge on any atom is -0.309 e. The SMILES string of the molecule is CN(C)CCCN(CCCN(C)C)Cc1ccc(Cl)c([N+](=O)[O-])c1. The lowest BCUT2D eigenvalue weighted by atomic mass is 10.1. The molecule has 0 aromatic heterocycles. The summed E-state index contributed by atoms with van der Waals surface area (Å²) in [5.74, 6) is 0. The van der Waals surface area contributed by atoms with Gasteiger partial charge in [-0.1, -0.05) is 17.7 Å². The van der Waals surface area contributed by atoms with Gasteiger partial charge in [0.05, 0.1) is 4.92 Å². The summed E-state index contributed by atoms with van der Waals surface area (Å²) >= 11 is 5.90. The smallest absolute Gasteiger partial charge is 0.288 e. The standard InChI is InChI=1S/C17H29ClN4O2/c1-19(2)9-5-11-21(12-6-10-20(3)4)14-15-7-8-16(18)17(13-15)22(23)24/h7-8,13H,5-6,9-12,14H2,1-4H3. The molecule has 6 nitrogen and oxygen atoms in total. The highest BCUT2D eigenvalue weighted by atomic mass is 35.5. The lowest BCUT2D eigenvalue weighted by Crippen LogP contribution is -2.30. The average molecular weight is 357 g/mol. The van der Waals surface area contributed by atoms with Gasteiger partial charge < -0.3 is 9.80 Å². The monoisotopic (exact) mass is 356 g/mol. The lowest BCUT2D eigenvalue weighted by Gasteiger charge is -2.24. The molecular formula is C17H29ClN4O2. The molecule has 1 aromatic rings. The summed E-state index contributed by atoms with van der Waals surface area (Å²) in [6, 6.07) is 5.08. The lowest BCUT2D eigenvalue weighted by molar-refractivity contribution is -0.384. The van der Waals surface area contributed by atoms with E-state index in [-0.39, 0.29) is 10.7 Å². The van der Waals surface area contributed by atoms with E-state index < -0.39 is 4.92 Å². The predicted octanol–water partition coefficient (Wildman–Crippen LogP) is 2.95. The molecule has 0 bridgehead atoms. The molecule has 1 aromatic carbocycles. The third-order valence-corrected chi connectivity index (χ3v) is 4.09. The molecule has 0 saturated heterocycles. The van der Waals surface area contributed by atoms with Crippen molar-refractivity contribution in [2.75, 3.05) is 54.4 Å². The molecule has 0 fully saturated rings. The number of rotatable bonds is 11. The number of nitro groups is 1. The number of hydrogen-bond donors (Lipinski definition) is 0.